The van der Waals surface area contributed by atoms with E-state index < -0.39 is 0 Å². The highest BCUT2D eigenvalue weighted by Gasteiger charge is 2.11. The molecule has 22 heavy (non-hydrogen) atoms. The fourth-order valence-corrected chi connectivity index (χ4v) is 2.27. The van der Waals surface area contributed by atoms with Gasteiger partial charge in [-0.15, -0.1) is 0 Å². The molecule has 0 saturated heterocycles. The van der Waals surface area contributed by atoms with E-state index in [0.717, 1.165) is 5.56 Å². The number of aliphatic hydroxyl groups is 1. The summed E-state index contributed by atoms with van der Waals surface area (Å²) in [7, 11) is 0. The van der Waals surface area contributed by atoms with Crippen molar-refractivity contribution in [2.45, 2.75) is 26.5 Å². The number of pyridine rings is 1. The second-order valence-corrected chi connectivity index (χ2v) is 5.73. The molecule has 1 atom stereocenters. The minimum Gasteiger partial charge on any atom is -0.505 e. The van der Waals surface area contributed by atoms with Gasteiger partial charge in [0.1, 0.15) is 5.75 Å². The highest BCUT2D eigenvalue weighted by atomic mass is 35.5. The Balaban J connectivity index is 2.31. The molecule has 116 valence electrons. The Morgan fingerprint density at radius 2 is 2.05 bits per heavy atom. The molecule has 0 aliphatic carbocycles. The van der Waals surface area contributed by atoms with Gasteiger partial charge in [-0.2, -0.15) is 0 Å². The van der Waals surface area contributed by atoms with Crippen molar-refractivity contribution in [3.8, 4) is 5.75 Å². The Bertz CT molecular complexity index is 718. The van der Waals surface area contributed by atoms with Crippen LogP contribution in [-0.2, 0) is 6.61 Å². The molecule has 0 spiro atoms. The Morgan fingerprint density at radius 1 is 1.32 bits per heavy atom. The molecule has 0 saturated carbocycles. The van der Waals surface area contributed by atoms with Crippen molar-refractivity contribution >= 4 is 29.4 Å². The first-order chi connectivity index (χ1) is 10.4. The quantitative estimate of drug-likeness (QED) is 0.825. The Hall–Kier alpha value is -1.62. The normalized spacial score (nSPS) is 12.8. The predicted octanol–water partition coefficient (Wildman–Crippen LogP) is 4.07. The van der Waals surface area contributed by atoms with E-state index in [4.69, 9.17) is 23.2 Å². The Morgan fingerprint density at radius 3 is 2.68 bits per heavy atom. The summed E-state index contributed by atoms with van der Waals surface area (Å²) in [4.78, 5) is 8.43. The van der Waals surface area contributed by atoms with Gasteiger partial charge in [0.15, 0.2) is 0 Å². The van der Waals surface area contributed by atoms with Gasteiger partial charge in [0.05, 0.1) is 28.4 Å². The molecule has 0 radical (unpaired) electrons. The number of aryl methyl sites for hydroxylation is 1. The molecule has 0 aliphatic heterocycles. The zero-order chi connectivity index (χ0) is 16.3. The van der Waals surface area contributed by atoms with Gasteiger partial charge in [-0.25, -0.2) is 0 Å². The molecule has 2 rings (SSSR count). The second-order valence-electron chi connectivity index (χ2n) is 4.92. The summed E-state index contributed by atoms with van der Waals surface area (Å²) >= 11 is 11.9. The number of rotatable bonds is 4. The van der Waals surface area contributed by atoms with Gasteiger partial charge < -0.3 is 10.2 Å². The van der Waals surface area contributed by atoms with Crippen molar-refractivity contribution in [2.75, 3.05) is 0 Å². The van der Waals surface area contributed by atoms with Crippen molar-refractivity contribution in [1.29, 1.82) is 0 Å². The van der Waals surface area contributed by atoms with Crippen LogP contribution in [0.5, 0.6) is 5.75 Å². The van der Waals surface area contributed by atoms with Crippen LogP contribution in [0.4, 0.5) is 0 Å². The van der Waals surface area contributed by atoms with Crippen LogP contribution in [-0.4, -0.2) is 21.4 Å². The van der Waals surface area contributed by atoms with Crippen LogP contribution in [0.1, 0.15) is 35.3 Å². The van der Waals surface area contributed by atoms with Crippen molar-refractivity contribution in [3.63, 3.8) is 0 Å². The summed E-state index contributed by atoms with van der Waals surface area (Å²) in [6.45, 7) is 3.37. The largest absolute Gasteiger partial charge is 0.505 e. The number of aliphatic imine (C=N–C) groups is 1. The van der Waals surface area contributed by atoms with E-state index in [9.17, 15) is 10.2 Å². The zero-order valence-corrected chi connectivity index (χ0v) is 13.7. The molecule has 2 N–H and O–H groups in total. The maximum absolute atomic E-state index is 10.1. The van der Waals surface area contributed by atoms with Crippen LogP contribution in [0.25, 0.3) is 0 Å². The van der Waals surface area contributed by atoms with Gasteiger partial charge in [0.25, 0.3) is 0 Å². The van der Waals surface area contributed by atoms with Crippen molar-refractivity contribution in [2.24, 2.45) is 4.99 Å². The topological polar surface area (TPSA) is 65.7 Å². The molecular weight excluding hydrogens is 323 g/mol. The monoisotopic (exact) mass is 338 g/mol. The van der Waals surface area contributed by atoms with E-state index in [-0.39, 0.29) is 18.4 Å². The van der Waals surface area contributed by atoms with Crippen LogP contribution in [0.2, 0.25) is 10.0 Å². The fraction of sp³-hybridized carbons (Fsp3) is 0.250. The molecule has 1 aromatic carbocycles. The molecule has 4 nitrogen and oxygen atoms in total. The minimum absolute atomic E-state index is 0.0247. The molecule has 2 aromatic rings. The van der Waals surface area contributed by atoms with E-state index in [1.54, 1.807) is 25.3 Å². The Kier molecular flexibility index (Phi) is 5.40. The summed E-state index contributed by atoms with van der Waals surface area (Å²) in [5, 5.41) is 20.4. The number of hydrogen-bond acceptors (Lipinski definition) is 4. The third-order valence-electron chi connectivity index (χ3n) is 3.38. The van der Waals surface area contributed by atoms with E-state index in [1.807, 2.05) is 13.0 Å². The van der Waals surface area contributed by atoms with E-state index >= 15 is 0 Å². The summed E-state index contributed by atoms with van der Waals surface area (Å²) < 4.78 is 0. The molecule has 6 heteroatoms. The number of aliphatic hydroxyl groups excluding tert-OH is 1. The lowest BCUT2D eigenvalue weighted by atomic mass is 10.1. The van der Waals surface area contributed by atoms with Gasteiger partial charge in [0.2, 0.25) is 0 Å². The summed E-state index contributed by atoms with van der Waals surface area (Å²) in [5.41, 5.74) is 2.39. The standard InChI is InChI=1S/C16H16Cl2N2O2/c1-9(11-3-4-14(17)15(18)5-11)20-7-13-12(8-21)6-19-10(2)16(13)22/h3-7,9,21-22H,8H2,1-2H3/t9-/m0/s1. The summed E-state index contributed by atoms with van der Waals surface area (Å²) in [6.07, 6.45) is 3.07. The number of aromatic hydroxyl groups is 1. The lowest BCUT2D eigenvalue weighted by Gasteiger charge is -2.10. The SMILES string of the molecule is Cc1ncc(CO)c(C=N[C@@H](C)c2ccc(Cl)c(Cl)c2)c1O. The molecule has 0 aliphatic rings. The molecule has 0 unspecified atom stereocenters. The number of aromatic nitrogens is 1. The average Bonchev–Trinajstić information content (AvgIpc) is 2.51. The third kappa shape index (κ3) is 3.58. The maximum Gasteiger partial charge on any atom is 0.145 e. The second kappa shape index (κ2) is 7.09. The predicted molar refractivity (Wildman–Crippen MR) is 89.0 cm³/mol. The highest BCUT2D eigenvalue weighted by Crippen LogP contribution is 2.28. The number of nitrogens with zero attached hydrogens (tertiary/aromatic N) is 2. The molecule has 0 amide bonds. The van der Waals surface area contributed by atoms with Crippen LogP contribution in [0, 0.1) is 6.92 Å². The summed E-state index contributed by atoms with van der Waals surface area (Å²) in [5.74, 6) is 0.0247. The maximum atomic E-state index is 10.1. The lowest BCUT2D eigenvalue weighted by Crippen LogP contribution is -1.99. The molecule has 1 heterocycles. The smallest absolute Gasteiger partial charge is 0.145 e. The van der Waals surface area contributed by atoms with Crippen molar-refractivity contribution in [3.05, 3.63) is 56.8 Å². The van der Waals surface area contributed by atoms with Crippen molar-refractivity contribution < 1.29 is 10.2 Å². The van der Waals surface area contributed by atoms with Gasteiger partial charge in [-0.1, -0.05) is 29.3 Å². The number of halogens is 2. The molecular formula is C16H16Cl2N2O2. The van der Waals surface area contributed by atoms with Crippen molar-refractivity contribution in [1.82, 2.24) is 4.98 Å². The van der Waals surface area contributed by atoms with E-state index in [0.29, 0.717) is 26.9 Å². The van der Waals surface area contributed by atoms with Gasteiger partial charge in [-0.05, 0) is 31.5 Å². The first-order valence-electron chi connectivity index (χ1n) is 6.70. The third-order valence-corrected chi connectivity index (χ3v) is 4.12. The molecule has 0 bridgehead atoms. The first kappa shape index (κ1) is 16.7. The van der Waals surface area contributed by atoms with E-state index in [2.05, 4.69) is 9.98 Å². The Labute approximate surface area is 139 Å². The zero-order valence-electron chi connectivity index (χ0n) is 12.2. The van der Waals surface area contributed by atoms with Gasteiger partial charge in [-0.3, -0.25) is 9.98 Å². The first-order valence-corrected chi connectivity index (χ1v) is 7.46. The average molecular weight is 339 g/mol. The number of benzene rings is 1. The summed E-state index contributed by atoms with van der Waals surface area (Å²) in [6, 6.07) is 5.16. The van der Waals surface area contributed by atoms with Crippen LogP contribution >= 0.6 is 23.2 Å². The lowest BCUT2D eigenvalue weighted by molar-refractivity contribution is 0.280. The van der Waals surface area contributed by atoms with Crippen LogP contribution in [0.3, 0.4) is 0 Å². The highest BCUT2D eigenvalue weighted by molar-refractivity contribution is 6.42. The molecule has 1 aromatic heterocycles. The van der Waals surface area contributed by atoms with Crippen LogP contribution in [0.15, 0.2) is 29.4 Å². The molecule has 0 fully saturated rings. The van der Waals surface area contributed by atoms with Crippen LogP contribution < -0.4 is 0 Å². The van der Waals surface area contributed by atoms with Gasteiger partial charge >= 0.3 is 0 Å². The van der Waals surface area contributed by atoms with E-state index in [1.165, 1.54) is 6.20 Å². The number of hydrogen-bond donors (Lipinski definition) is 2. The van der Waals surface area contributed by atoms with Gasteiger partial charge in [0, 0.05) is 23.5 Å². The minimum atomic E-state index is -0.219. The fourth-order valence-electron chi connectivity index (χ4n) is 1.97.